The fourth-order valence-corrected chi connectivity index (χ4v) is 3.16. The number of carbonyl (C=O) groups excluding carboxylic acids is 1. The van der Waals surface area contributed by atoms with Crippen LogP contribution in [0.5, 0.6) is 0 Å². The molecule has 1 unspecified atom stereocenters. The number of benzene rings is 1. The van der Waals surface area contributed by atoms with Crippen LogP contribution in [-0.4, -0.2) is 27.3 Å². The molecular weight excluding hydrogens is 314 g/mol. The van der Waals surface area contributed by atoms with Gasteiger partial charge in [-0.2, -0.15) is 0 Å². The van der Waals surface area contributed by atoms with E-state index in [-0.39, 0.29) is 22.8 Å². The van der Waals surface area contributed by atoms with E-state index in [1.54, 1.807) is 23.4 Å². The Bertz CT molecular complexity index is 840. The average molecular weight is 328 g/mol. The minimum absolute atomic E-state index is 0.0422. The van der Waals surface area contributed by atoms with Crippen molar-refractivity contribution in [1.82, 2.24) is 14.9 Å². The number of amides is 1. The maximum absolute atomic E-state index is 12.7. The molecule has 0 saturated carbocycles. The van der Waals surface area contributed by atoms with Gasteiger partial charge in [-0.15, -0.1) is 0 Å². The summed E-state index contributed by atoms with van der Waals surface area (Å²) in [7, 11) is 0. The third kappa shape index (κ3) is 2.53. The molecule has 1 amide bonds. The summed E-state index contributed by atoms with van der Waals surface area (Å²) in [6, 6.07) is 13.3. The summed E-state index contributed by atoms with van der Waals surface area (Å²) in [5.74, 6) is 0.128. The third-order valence-electron chi connectivity index (χ3n) is 4.11. The fourth-order valence-electron chi connectivity index (χ4n) is 3.01. The fraction of sp³-hybridized carbons (Fsp3) is 0.176. The van der Waals surface area contributed by atoms with E-state index < -0.39 is 0 Å². The van der Waals surface area contributed by atoms with Gasteiger partial charge in [0, 0.05) is 12.5 Å². The van der Waals surface area contributed by atoms with Crippen molar-refractivity contribution in [2.45, 2.75) is 12.5 Å². The number of imidazole rings is 1. The SMILES string of the molecule is O=C(c1ccc(Cl)o1)N1Cc2[nH]cnc2C(c2ccccc2)C1. The van der Waals surface area contributed by atoms with Gasteiger partial charge in [0.15, 0.2) is 11.0 Å². The van der Waals surface area contributed by atoms with Gasteiger partial charge in [-0.1, -0.05) is 30.3 Å². The van der Waals surface area contributed by atoms with Crippen molar-refractivity contribution in [3.63, 3.8) is 0 Å². The number of furan rings is 1. The lowest BCUT2D eigenvalue weighted by Gasteiger charge is -2.31. The van der Waals surface area contributed by atoms with Gasteiger partial charge in [0.1, 0.15) is 0 Å². The standard InChI is InChI=1S/C17H14ClN3O2/c18-15-7-6-14(23-15)17(22)21-8-12(11-4-2-1-3-5-11)16-13(9-21)19-10-20-16/h1-7,10,12H,8-9H2,(H,19,20). The lowest BCUT2D eigenvalue weighted by molar-refractivity contribution is 0.0689. The van der Waals surface area contributed by atoms with E-state index in [1.807, 2.05) is 18.2 Å². The van der Waals surface area contributed by atoms with Crippen LogP contribution < -0.4 is 0 Å². The normalized spacial score (nSPS) is 17.1. The number of carbonyl (C=O) groups is 1. The van der Waals surface area contributed by atoms with Crippen LogP contribution in [0.2, 0.25) is 5.22 Å². The number of rotatable bonds is 2. The first kappa shape index (κ1) is 14.1. The molecule has 1 aliphatic rings. The van der Waals surface area contributed by atoms with Crippen LogP contribution in [0, 0.1) is 0 Å². The Kier molecular flexibility index (Phi) is 3.42. The number of fused-ring (bicyclic) bond motifs is 1. The maximum atomic E-state index is 12.7. The minimum Gasteiger partial charge on any atom is -0.440 e. The molecule has 3 heterocycles. The molecule has 6 heteroatoms. The van der Waals surface area contributed by atoms with E-state index in [9.17, 15) is 4.79 Å². The van der Waals surface area contributed by atoms with Gasteiger partial charge in [-0.05, 0) is 29.3 Å². The number of hydrogen-bond acceptors (Lipinski definition) is 3. The van der Waals surface area contributed by atoms with E-state index in [4.69, 9.17) is 16.0 Å². The first-order valence-electron chi connectivity index (χ1n) is 7.34. The number of nitrogens with zero attached hydrogens (tertiary/aromatic N) is 2. The highest BCUT2D eigenvalue weighted by Crippen LogP contribution is 2.32. The molecule has 1 N–H and O–H groups in total. The Hall–Kier alpha value is -2.53. The molecule has 0 bridgehead atoms. The van der Waals surface area contributed by atoms with Crippen LogP contribution in [0.3, 0.4) is 0 Å². The summed E-state index contributed by atoms with van der Waals surface area (Å²) >= 11 is 5.78. The van der Waals surface area contributed by atoms with Gasteiger partial charge in [0.05, 0.1) is 24.3 Å². The summed E-state index contributed by atoms with van der Waals surface area (Å²) < 4.78 is 5.26. The second-order valence-electron chi connectivity index (χ2n) is 5.52. The first-order valence-corrected chi connectivity index (χ1v) is 7.72. The van der Waals surface area contributed by atoms with Crippen molar-refractivity contribution in [3.05, 3.63) is 76.7 Å². The van der Waals surface area contributed by atoms with E-state index in [2.05, 4.69) is 22.1 Å². The zero-order chi connectivity index (χ0) is 15.8. The Morgan fingerprint density at radius 2 is 2.09 bits per heavy atom. The molecular formula is C17H14ClN3O2. The molecule has 0 fully saturated rings. The summed E-state index contributed by atoms with van der Waals surface area (Å²) in [6.07, 6.45) is 1.68. The van der Waals surface area contributed by atoms with Gasteiger partial charge in [-0.25, -0.2) is 4.98 Å². The quantitative estimate of drug-likeness (QED) is 0.784. The molecule has 4 rings (SSSR count). The number of halogens is 1. The van der Waals surface area contributed by atoms with Gasteiger partial charge in [0.2, 0.25) is 0 Å². The molecule has 1 aromatic carbocycles. The van der Waals surface area contributed by atoms with Gasteiger partial charge in [-0.3, -0.25) is 4.79 Å². The number of aromatic amines is 1. The molecule has 1 atom stereocenters. The van der Waals surface area contributed by atoms with Crippen molar-refractivity contribution in [1.29, 1.82) is 0 Å². The highest BCUT2D eigenvalue weighted by atomic mass is 35.5. The van der Waals surface area contributed by atoms with Crippen molar-refractivity contribution >= 4 is 17.5 Å². The smallest absolute Gasteiger partial charge is 0.290 e. The van der Waals surface area contributed by atoms with Crippen molar-refractivity contribution in [3.8, 4) is 0 Å². The summed E-state index contributed by atoms with van der Waals surface area (Å²) in [4.78, 5) is 22.0. The minimum atomic E-state index is -0.168. The van der Waals surface area contributed by atoms with Gasteiger partial charge >= 0.3 is 0 Å². The Morgan fingerprint density at radius 1 is 1.26 bits per heavy atom. The van der Waals surface area contributed by atoms with Crippen LogP contribution in [-0.2, 0) is 6.54 Å². The molecule has 116 valence electrons. The van der Waals surface area contributed by atoms with E-state index in [0.29, 0.717) is 13.1 Å². The van der Waals surface area contributed by atoms with E-state index >= 15 is 0 Å². The largest absolute Gasteiger partial charge is 0.440 e. The van der Waals surface area contributed by atoms with Gasteiger partial charge in [0.25, 0.3) is 5.91 Å². The number of hydrogen-bond donors (Lipinski definition) is 1. The van der Waals surface area contributed by atoms with Crippen LogP contribution >= 0.6 is 11.6 Å². The van der Waals surface area contributed by atoms with Crippen LogP contribution in [0.4, 0.5) is 0 Å². The Morgan fingerprint density at radius 3 is 2.83 bits per heavy atom. The zero-order valence-electron chi connectivity index (χ0n) is 12.2. The van der Waals surface area contributed by atoms with E-state index in [0.717, 1.165) is 17.0 Å². The summed E-state index contributed by atoms with van der Waals surface area (Å²) in [5.41, 5.74) is 3.09. The Balaban J connectivity index is 1.68. The average Bonchev–Trinajstić information content (AvgIpc) is 3.22. The van der Waals surface area contributed by atoms with Crippen LogP contribution in [0.25, 0.3) is 0 Å². The number of aromatic nitrogens is 2. The van der Waals surface area contributed by atoms with E-state index in [1.165, 1.54) is 0 Å². The van der Waals surface area contributed by atoms with Crippen molar-refractivity contribution < 1.29 is 9.21 Å². The van der Waals surface area contributed by atoms with Crippen molar-refractivity contribution in [2.75, 3.05) is 6.54 Å². The number of H-pyrrole nitrogens is 1. The molecule has 23 heavy (non-hydrogen) atoms. The summed E-state index contributed by atoms with van der Waals surface area (Å²) in [6.45, 7) is 1.04. The molecule has 0 aliphatic carbocycles. The summed E-state index contributed by atoms with van der Waals surface area (Å²) in [5, 5.41) is 0.215. The highest BCUT2D eigenvalue weighted by molar-refractivity contribution is 6.29. The molecule has 2 aromatic heterocycles. The predicted molar refractivity (Wildman–Crippen MR) is 85.3 cm³/mol. The number of nitrogens with one attached hydrogen (secondary N) is 1. The molecule has 0 spiro atoms. The Labute approximate surface area is 137 Å². The maximum Gasteiger partial charge on any atom is 0.290 e. The van der Waals surface area contributed by atoms with Crippen LogP contribution in [0.1, 0.15) is 33.4 Å². The van der Waals surface area contributed by atoms with Crippen LogP contribution in [0.15, 0.2) is 53.2 Å². The monoisotopic (exact) mass is 327 g/mol. The molecule has 1 aliphatic heterocycles. The topological polar surface area (TPSA) is 62.1 Å². The molecule has 0 saturated heterocycles. The van der Waals surface area contributed by atoms with Crippen molar-refractivity contribution in [2.24, 2.45) is 0 Å². The third-order valence-corrected chi connectivity index (χ3v) is 4.31. The molecule has 0 radical (unpaired) electrons. The second kappa shape index (κ2) is 5.59. The highest BCUT2D eigenvalue weighted by Gasteiger charge is 2.32. The second-order valence-corrected chi connectivity index (χ2v) is 5.89. The lowest BCUT2D eigenvalue weighted by atomic mass is 9.91. The van der Waals surface area contributed by atoms with Gasteiger partial charge < -0.3 is 14.3 Å². The first-order chi connectivity index (χ1) is 11.2. The molecule has 3 aromatic rings. The zero-order valence-corrected chi connectivity index (χ0v) is 13.0. The molecule has 5 nitrogen and oxygen atoms in total. The predicted octanol–water partition coefficient (Wildman–Crippen LogP) is 3.44. The lowest BCUT2D eigenvalue weighted by Crippen LogP contribution is -2.38.